The Morgan fingerprint density at radius 1 is 0.680 bits per heavy atom. The van der Waals surface area contributed by atoms with Crippen molar-refractivity contribution in [3.8, 4) is 11.1 Å². The summed E-state index contributed by atoms with van der Waals surface area (Å²) in [7, 11) is 0. The lowest BCUT2D eigenvalue weighted by molar-refractivity contribution is 0.0651. The molecular weight excluding hydrogens is 356 g/mol. The predicted molar refractivity (Wildman–Crippen MR) is 84.7 cm³/mol. The van der Waals surface area contributed by atoms with Crippen LogP contribution >= 0.6 is 11.6 Å². The normalized spacial score (nSPS) is 10.3. The average molecular weight is 365 g/mol. The van der Waals surface area contributed by atoms with Crippen LogP contribution in [0.5, 0.6) is 0 Å². The van der Waals surface area contributed by atoms with Gasteiger partial charge in [0.15, 0.2) is 0 Å². The summed E-state index contributed by atoms with van der Waals surface area (Å²) in [4.78, 5) is 44.8. The maximum absolute atomic E-state index is 11.3. The third-order valence-electron chi connectivity index (χ3n) is 3.38. The molecule has 0 bridgehead atoms. The first-order valence-corrected chi connectivity index (χ1v) is 6.93. The Bertz CT molecular complexity index is 932. The van der Waals surface area contributed by atoms with Crippen LogP contribution in [0, 0.1) is 0 Å². The number of rotatable bonds is 5. The zero-order valence-electron chi connectivity index (χ0n) is 12.2. The molecule has 0 aromatic heterocycles. The van der Waals surface area contributed by atoms with Gasteiger partial charge < -0.3 is 20.4 Å². The van der Waals surface area contributed by atoms with Gasteiger partial charge in [-0.05, 0) is 23.8 Å². The third kappa shape index (κ3) is 3.29. The first-order valence-electron chi connectivity index (χ1n) is 6.55. The Kier molecular flexibility index (Phi) is 4.75. The monoisotopic (exact) mass is 364 g/mol. The lowest BCUT2D eigenvalue weighted by Gasteiger charge is -2.11. The fourth-order valence-corrected chi connectivity index (χ4v) is 2.62. The molecule has 0 saturated carbocycles. The van der Waals surface area contributed by atoms with Gasteiger partial charge in [0.2, 0.25) is 0 Å². The molecule has 0 heterocycles. The second kappa shape index (κ2) is 6.62. The number of carboxylic acids is 4. The molecule has 25 heavy (non-hydrogen) atoms. The highest BCUT2D eigenvalue weighted by Gasteiger charge is 2.24. The van der Waals surface area contributed by atoms with Gasteiger partial charge in [0.1, 0.15) is 0 Å². The largest absolute Gasteiger partial charge is 0.478 e. The van der Waals surface area contributed by atoms with E-state index in [1.807, 2.05) is 0 Å². The van der Waals surface area contributed by atoms with Crippen LogP contribution in [0.2, 0.25) is 5.02 Å². The van der Waals surface area contributed by atoms with Crippen LogP contribution in [0.15, 0.2) is 30.3 Å². The summed E-state index contributed by atoms with van der Waals surface area (Å²) in [5.41, 5.74) is -1.95. The van der Waals surface area contributed by atoms with Crippen LogP contribution in [0.3, 0.4) is 0 Å². The summed E-state index contributed by atoms with van der Waals surface area (Å²) in [6, 6.07) is 5.57. The molecule has 2 rings (SSSR count). The summed E-state index contributed by atoms with van der Waals surface area (Å²) in [6.45, 7) is 0. The van der Waals surface area contributed by atoms with Gasteiger partial charge in [0.25, 0.3) is 0 Å². The van der Waals surface area contributed by atoms with Gasteiger partial charge in [0, 0.05) is 5.56 Å². The van der Waals surface area contributed by atoms with Crippen molar-refractivity contribution in [1.82, 2.24) is 0 Å². The second-order valence-electron chi connectivity index (χ2n) is 4.83. The van der Waals surface area contributed by atoms with Crippen LogP contribution in [-0.2, 0) is 0 Å². The van der Waals surface area contributed by atoms with Crippen molar-refractivity contribution in [1.29, 1.82) is 0 Å². The lowest BCUT2D eigenvalue weighted by Crippen LogP contribution is -2.10. The molecule has 9 heteroatoms. The van der Waals surface area contributed by atoms with Crippen molar-refractivity contribution in [2.75, 3.05) is 0 Å². The predicted octanol–water partition coefficient (Wildman–Crippen LogP) is 2.80. The maximum Gasteiger partial charge on any atom is 0.338 e. The molecule has 2 aromatic rings. The number of carboxylic acid groups (broad SMARTS) is 4. The Morgan fingerprint density at radius 2 is 1.20 bits per heavy atom. The molecular formula is C16H9ClO8. The van der Waals surface area contributed by atoms with Gasteiger partial charge in [-0.15, -0.1) is 0 Å². The van der Waals surface area contributed by atoms with Gasteiger partial charge in [-0.1, -0.05) is 23.7 Å². The molecule has 0 radical (unpaired) electrons. The molecule has 2 aromatic carbocycles. The van der Waals surface area contributed by atoms with Crippen LogP contribution < -0.4 is 0 Å². The fraction of sp³-hybridized carbons (Fsp3) is 0. The van der Waals surface area contributed by atoms with E-state index in [1.54, 1.807) is 0 Å². The molecule has 128 valence electrons. The van der Waals surface area contributed by atoms with E-state index in [-0.39, 0.29) is 11.1 Å². The van der Waals surface area contributed by atoms with E-state index in [4.69, 9.17) is 26.9 Å². The van der Waals surface area contributed by atoms with Crippen LogP contribution in [0.4, 0.5) is 0 Å². The first-order chi connectivity index (χ1) is 11.6. The van der Waals surface area contributed by atoms with Crippen molar-refractivity contribution in [2.45, 2.75) is 0 Å². The average Bonchev–Trinajstić information content (AvgIpc) is 2.53. The van der Waals surface area contributed by atoms with Gasteiger partial charge in [-0.2, -0.15) is 0 Å². The number of benzene rings is 2. The standard InChI is InChI=1S/C16H9ClO8/c17-12-7(3-4-9(14(20)21)11(12)16(24)25)6-1-2-8(13(18)19)10(5-6)15(22)23/h1-5H,(H,18,19)(H,20,21)(H,22,23)(H,24,25). The van der Waals surface area contributed by atoms with Crippen LogP contribution in [0.25, 0.3) is 11.1 Å². The minimum Gasteiger partial charge on any atom is -0.478 e. The minimum atomic E-state index is -1.56. The third-order valence-corrected chi connectivity index (χ3v) is 3.77. The topological polar surface area (TPSA) is 149 Å². The Balaban J connectivity index is 2.75. The van der Waals surface area contributed by atoms with E-state index in [9.17, 15) is 24.3 Å². The van der Waals surface area contributed by atoms with Gasteiger partial charge in [-0.3, -0.25) is 0 Å². The van der Waals surface area contributed by atoms with Crippen LogP contribution in [-0.4, -0.2) is 44.3 Å². The summed E-state index contributed by atoms with van der Waals surface area (Å²) in [5, 5.41) is 36.0. The van der Waals surface area contributed by atoms with Crippen LogP contribution in [0.1, 0.15) is 41.4 Å². The SMILES string of the molecule is O=C(O)c1ccc(-c2ccc(C(=O)O)c(C(=O)O)c2Cl)cc1C(=O)O. The Morgan fingerprint density at radius 3 is 1.68 bits per heavy atom. The van der Waals surface area contributed by atoms with E-state index in [0.29, 0.717) is 0 Å². The van der Waals surface area contributed by atoms with Crippen molar-refractivity contribution in [3.05, 3.63) is 57.6 Å². The minimum absolute atomic E-state index is 0.0588. The first kappa shape index (κ1) is 18.0. The quantitative estimate of drug-likeness (QED) is 0.632. The van der Waals surface area contributed by atoms with Gasteiger partial charge >= 0.3 is 23.9 Å². The number of aromatic carboxylic acids is 4. The molecule has 0 unspecified atom stereocenters. The van der Waals surface area contributed by atoms with E-state index < -0.39 is 51.2 Å². The molecule has 4 N–H and O–H groups in total. The molecule has 0 amide bonds. The zero-order chi connectivity index (χ0) is 18.9. The molecule has 0 atom stereocenters. The molecule has 0 aliphatic carbocycles. The van der Waals surface area contributed by atoms with Crippen molar-refractivity contribution in [3.63, 3.8) is 0 Å². The number of carbonyl (C=O) groups is 4. The highest BCUT2D eigenvalue weighted by molar-refractivity contribution is 6.37. The summed E-state index contributed by atoms with van der Waals surface area (Å²) < 4.78 is 0. The van der Waals surface area contributed by atoms with E-state index in [2.05, 4.69) is 0 Å². The van der Waals surface area contributed by atoms with Crippen molar-refractivity contribution >= 4 is 35.5 Å². The highest BCUT2D eigenvalue weighted by Crippen LogP contribution is 2.34. The number of hydrogen-bond acceptors (Lipinski definition) is 4. The molecule has 0 saturated heterocycles. The van der Waals surface area contributed by atoms with Gasteiger partial charge in [-0.25, -0.2) is 19.2 Å². The summed E-state index contributed by atoms with van der Waals surface area (Å²) in [6.07, 6.45) is 0. The number of hydrogen-bond donors (Lipinski definition) is 4. The molecule has 0 fully saturated rings. The Hall–Kier alpha value is -3.39. The number of halogens is 1. The zero-order valence-corrected chi connectivity index (χ0v) is 12.9. The van der Waals surface area contributed by atoms with E-state index in [1.165, 1.54) is 12.1 Å². The maximum atomic E-state index is 11.3. The summed E-state index contributed by atoms with van der Waals surface area (Å²) >= 11 is 6.01. The smallest absolute Gasteiger partial charge is 0.338 e. The fourth-order valence-electron chi connectivity index (χ4n) is 2.26. The lowest BCUT2D eigenvalue weighted by atomic mass is 9.95. The van der Waals surface area contributed by atoms with Crippen molar-refractivity contribution in [2.24, 2.45) is 0 Å². The second-order valence-corrected chi connectivity index (χ2v) is 5.21. The molecule has 0 aliphatic rings. The molecule has 0 aliphatic heterocycles. The highest BCUT2D eigenvalue weighted by atomic mass is 35.5. The van der Waals surface area contributed by atoms with E-state index >= 15 is 0 Å². The van der Waals surface area contributed by atoms with E-state index in [0.717, 1.165) is 18.2 Å². The Labute approximate surface area is 144 Å². The molecule has 8 nitrogen and oxygen atoms in total. The van der Waals surface area contributed by atoms with Gasteiger partial charge in [0.05, 0.1) is 27.3 Å². The summed E-state index contributed by atoms with van der Waals surface area (Å²) in [5.74, 6) is -5.98. The molecule has 0 spiro atoms. The van der Waals surface area contributed by atoms with Crippen molar-refractivity contribution < 1.29 is 39.6 Å².